The zero-order valence-corrected chi connectivity index (χ0v) is 14.9. The smallest absolute Gasteiger partial charge is 0.261 e. The maximum atomic E-state index is 12.8. The summed E-state index contributed by atoms with van der Waals surface area (Å²) in [4.78, 5) is 11.5. The van der Waals surface area contributed by atoms with Gasteiger partial charge < -0.3 is 10.4 Å². The molecule has 0 atom stereocenters. The number of phenolic OH excluding ortho intramolecular Hbond substituents is 1. The molecular formula is C18H13ClN2O4S. The lowest BCUT2D eigenvalue weighted by molar-refractivity contribution is -0.115. The van der Waals surface area contributed by atoms with Gasteiger partial charge in [-0.3, -0.25) is 9.52 Å². The number of phenols is 1. The number of benzene rings is 3. The summed E-state index contributed by atoms with van der Waals surface area (Å²) in [5.41, 5.74) is 1.51. The van der Waals surface area contributed by atoms with Crippen LogP contribution >= 0.6 is 11.6 Å². The van der Waals surface area contributed by atoms with Gasteiger partial charge in [0, 0.05) is 16.5 Å². The van der Waals surface area contributed by atoms with Gasteiger partial charge in [-0.2, -0.15) is 0 Å². The summed E-state index contributed by atoms with van der Waals surface area (Å²) in [5, 5.41) is 13.8. The number of halogens is 1. The molecular weight excluding hydrogens is 376 g/mol. The summed E-state index contributed by atoms with van der Waals surface area (Å²) in [6, 6.07) is 12.6. The molecule has 0 aliphatic carbocycles. The Bertz CT molecular complexity index is 1180. The molecule has 0 fully saturated rings. The second-order valence-corrected chi connectivity index (χ2v) is 8.04. The second kappa shape index (κ2) is 5.89. The van der Waals surface area contributed by atoms with E-state index in [1.807, 2.05) is 0 Å². The third-order valence-electron chi connectivity index (χ3n) is 4.23. The van der Waals surface area contributed by atoms with Gasteiger partial charge in [0.25, 0.3) is 10.0 Å². The van der Waals surface area contributed by atoms with Crippen LogP contribution in [0.1, 0.15) is 5.56 Å². The van der Waals surface area contributed by atoms with Crippen molar-refractivity contribution in [3.05, 3.63) is 59.1 Å². The van der Waals surface area contributed by atoms with Crippen LogP contribution in [-0.2, 0) is 21.2 Å². The molecule has 3 N–H and O–H groups in total. The van der Waals surface area contributed by atoms with Crippen LogP contribution in [0.5, 0.6) is 5.75 Å². The standard InChI is InChI=1S/C18H13ClN2O4S/c19-14-9-16(12-3-1-2-4-13(12)18(14)23)21-26(24,25)11-5-6-15-10(7-11)8-17(22)20-15/h1-7,9,21,23H,8H2,(H,20,22). The minimum atomic E-state index is -3.90. The van der Waals surface area contributed by atoms with Gasteiger partial charge in [0.1, 0.15) is 5.75 Å². The number of nitrogens with one attached hydrogen (secondary N) is 2. The lowest BCUT2D eigenvalue weighted by Gasteiger charge is -2.13. The second-order valence-electron chi connectivity index (χ2n) is 5.95. The van der Waals surface area contributed by atoms with Gasteiger partial charge >= 0.3 is 0 Å². The minimum Gasteiger partial charge on any atom is -0.506 e. The van der Waals surface area contributed by atoms with Gasteiger partial charge in [-0.05, 0) is 29.8 Å². The molecule has 0 saturated carbocycles. The number of carbonyl (C=O) groups is 1. The highest BCUT2D eigenvalue weighted by Crippen LogP contribution is 2.38. The number of amides is 1. The molecule has 0 radical (unpaired) electrons. The predicted molar refractivity (Wildman–Crippen MR) is 100 cm³/mol. The van der Waals surface area contributed by atoms with E-state index in [4.69, 9.17) is 11.6 Å². The Hall–Kier alpha value is -2.77. The molecule has 1 amide bonds. The van der Waals surface area contributed by atoms with Gasteiger partial charge in [0.2, 0.25) is 5.91 Å². The van der Waals surface area contributed by atoms with Gasteiger partial charge in [-0.25, -0.2) is 8.42 Å². The number of carbonyl (C=O) groups excluding carboxylic acids is 1. The molecule has 1 aliphatic rings. The van der Waals surface area contributed by atoms with Crippen LogP contribution in [0.3, 0.4) is 0 Å². The Morgan fingerprint density at radius 2 is 1.81 bits per heavy atom. The maximum absolute atomic E-state index is 12.8. The van der Waals surface area contributed by atoms with E-state index in [-0.39, 0.29) is 33.7 Å². The first-order valence-corrected chi connectivity index (χ1v) is 9.57. The Labute approximate surface area is 154 Å². The first-order valence-electron chi connectivity index (χ1n) is 7.71. The number of fused-ring (bicyclic) bond motifs is 2. The van der Waals surface area contributed by atoms with Crippen molar-refractivity contribution in [2.75, 3.05) is 10.0 Å². The highest BCUT2D eigenvalue weighted by molar-refractivity contribution is 7.92. The molecule has 0 unspecified atom stereocenters. The lowest BCUT2D eigenvalue weighted by Crippen LogP contribution is -2.13. The first kappa shape index (κ1) is 16.7. The van der Waals surface area contributed by atoms with E-state index < -0.39 is 10.0 Å². The van der Waals surface area contributed by atoms with Crippen molar-refractivity contribution in [2.24, 2.45) is 0 Å². The van der Waals surface area contributed by atoms with Gasteiger partial charge in [0.15, 0.2) is 0 Å². The third-order valence-corrected chi connectivity index (χ3v) is 5.88. The van der Waals surface area contributed by atoms with Crippen LogP contribution in [0.2, 0.25) is 5.02 Å². The van der Waals surface area contributed by atoms with Crippen LogP contribution < -0.4 is 10.0 Å². The van der Waals surface area contributed by atoms with Crippen molar-refractivity contribution in [1.29, 1.82) is 0 Å². The Kier molecular flexibility index (Phi) is 3.78. The quantitative estimate of drug-likeness (QED) is 0.598. The largest absolute Gasteiger partial charge is 0.506 e. The van der Waals surface area contributed by atoms with Crippen molar-refractivity contribution in [2.45, 2.75) is 11.3 Å². The fourth-order valence-corrected chi connectivity index (χ4v) is 4.32. The van der Waals surface area contributed by atoms with Crippen LogP contribution in [-0.4, -0.2) is 19.4 Å². The summed E-state index contributed by atoms with van der Waals surface area (Å²) in [6.07, 6.45) is 0.145. The van der Waals surface area contributed by atoms with Crippen molar-refractivity contribution in [3.63, 3.8) is 0 Å². The molecule has 132 valence electrons. The maximum Gasteiger partial charge on any atom is 0.261 e. The molecule has 0 aromatic heterocycles. The molecule has 0 saturated heterocycles. The zero-order valence-electron chi connectivity index (χ0n) is 13.3. The fraction of sp³-hybridized carbons (Fsp3) is 0.0556. The molecule has 8 heteroatoms. The van der Waals surface area contributed by atoms with E-state index in [2.05, 4.69) is 10.0 Å². The van der Waals surface area contributed by atoms with E-state index in [0.717, 1.165) is 0 Å². The normalized spacial score (nSPS) is 13.5. The number of hydrogen-bond donors (Lipinski definition) is 3. The summed E-state index contributed by atoms with van der Waals surface area (Å²) >= 11 is 6.03. The third kappa shape index (κ3) is 2.75. The van der Waals surface area contributed by atoms with Crippen molar-refractivity contribution >= 4 is 49.7 Å². The summed E-state index contributed by atoms with van der Waals surface area (Å²) < 4.78 is 28.1. The summed E-state index contributed by atoms with van der Waals surface area (Å²) in [6.45, 7) is 0. The number of aromatic hydroxyl groups is 1. The Morgan fingerprint density at radius 1 is 1.08 bits per heavy atom. The minimum absolute atomic E-state index is 0.0426. The number of rotatable bonds is 3. The van der Waals surface area contributed by atoms with Crippen LogP contribution in [0.15, 0.2) is 53.4 Å². The Balaban J connectivity index is 1.78. The fourth-order valence-electron chi connectivity index (χ4n) is 2.99. The van der Waals surface area contributed by atoms with Crippen molar-refractivity contribution in [1.82, 2.24) is 0 Å². The Morgan fingerprint density at radius 3 is 2.58 bits per heavy atom. The monoisotopic (exact) mass is 388 g/mol. The van der Waals surface area contributed by atoms with E-state index in [1.54, 1.807) is 30.3 Å². The number of sulfonamides is 1. The number of hydrogen-bond acceptors (Lipinski definition) is 4. The SMILES string of the molecule is O=C1Cc2cc(S(=O)(=O)Nc3cc(Cl)c(O)c4ccccc34)ccc2N1. The highest BCUT2D eigenvalue weighted by atomic mass is 35.5. The molecule has 4 rings (SSSR count). The average Bonchev–Trinajstić information content (AvgIpc) is 2.98. The van der Waals surface area contributed by atoms with E-state index >= 15 is 0 Å². The zero-order chi connectivity index (χ0) is 18.5. The lowest BCUT2D eigenvalue weighted by atomic mass is 10.1. The molecule has 3 aromatic rings. The van der Waals surface area contributed by atoms with Gasteiger partial charge in [-0.1, -0.05) is 35.9 Å². The van der Waals surface area contributed by atoms with Crippen LogP contribution in [0.25, 0.3) is 10.8 Å². The van der Waals surface area contributed by atoms with E-state index in [1.165, 1.54) is 18.2 Å². The average molecular weight is 389 g/mol. The van der Waals surface area contributed by atoms with Gasteiger partial charge in [0.05, 0.1) is 22.0 Å². The van der Waals surface area contributed by atoms with Crippen LogP contribution in [0, 0.1) is 0 Å². The summed E-state index contributed by atoms with van der Waals surface area (Å²) in [7, 11) is -3.90. The van der Waals surface area contributed by atoms with Crippen LogP contribution in [0.4, 0.5) is 11.4 Å². The first-order chi connectivity index (χ1) is 12.3. The molecule has 1 heterocycles. The van der Waals surface area contributed by atoms with Crippen molar-refractivity contribution < 1.29 is 18.3 Å². The van der Waals surface area contributed by atoms with E-state index in [9.17, 15) is 18.3 Å². The molecule has 26 heavy (non-hydrogen) atoms. The highest BCUT2D eigenvalue weighted by Gasteiger charge is 2.23. The van der Waals surface area contributed by atoms with Crippen molar-refractivity contribution in [3.8, 4) is 5.75 Å². The molecule has 0 spiro atoms. The number of anilines is 2. The molecule has 1 aliphatic heterocycles. The van der Waals surface area contributed by atoms with Gasteiger partial charge in [-0.15, -0.1) is 0 Å². The molecule has 6 nitrogen and oxygen atoms in total. The van der Waals surface area contributed by atoms with E-state index in [0.29, 0.717) is 22.0 Å². The molecule has 3 aromatic carbocycles. The topological polar surface area (TPSA) is 95.5 Å². The molecule has 0 bridgehead atoms. The predicted octanol–water partition coefficient (Wildman–Crippen LogP) is 3.49. The summed E-state index contributed by atoms with van der Waals surface area (Å²) in [5.74, 6) is -0.272.